The minimum absolute atomic E-state index is 0.232. The number of carbonyl (C=O) groups excluding carboxylic acids is 1. The molecule has 0 N–H and O–H groups in total. The fourth-order valence-electron chi connectivity index (χ4n) is 3.53. The first kappa shape index (κ1) is 22.8. The van der Waals surface area contributed by atoms with Crippen LogP contribution in [-0.2, 0) is 16.1 Å². The van der Waals surface area contributed by atoms with E-state index in [1.54, 1.807) is 6.08 Å². The van der Waals surface area contributed by atoms with Crippen molar-refractivity contribution in [2.75, 3.05) is 6.61 Å². The summed E-state index contributed by atoms with van der Waals surface area (Å²) in [5.41, 5.74) is 5.01. The first-order chi connectivity index (χ1) is 15.9. The second-order valence-corrected chi connectivity index (χ2v) is 8.55. The maximum Gasteiger partial charge on any atom is 0.363 e. The third kappa shape index (κ3) is 5.34. The number of hydrogen-bond acceptors (Lipinski definition) is 5. The van der Waals surface area contributed by atoms with Crippen molar-refractivity contribution < 1.29 is 19.0 Å². The molecule has 1 heterocycles. The molecule has 6 heteroatoms. The molecule has 3 aromatic rings. The smallest absolute Gasteiger partial charge is 0.363 e. The number of benzene rings is 3. The second kappa shape index (κ2) is 10.0. The predicted molar refractivity (Wildman–Crippen MR) is 133 cm³/mol. The summed E-state index contributed by atoms with van der Waals surface area (Å²) in [6, 6.07) is 19.5. The Labute approximate surface area is 201 Å². The maximum atomic E-state index is 12.5. The van der Waals surface area contributed by atoms with Crippen LogP contribution in [0.2, 0.25) is 0 Å². The summed E-state index contributed by atoms with van der Waals surface area (Å²) in [6.07, 6.45) is 1.69. The van der Waals surface area contributed by atoms with Crippen LogP contribution in [0.1, 0.15) is 34.7 Å². The van der Waals surface area contributed by atoms with Gasteiger partial charge in [-0.2, -0.15) is 0 Å². The molecule has 0 saturated heterocycles. The number of carbonyl (C=O) groups is 1. The zero-order chi connectivity index (χ0) is 23.4. The second-order valence-electron chi connectivity index (χ2n) is 7.69. The first-order valence-electron chi connectivity index (χ1n) is 10.7. The fourth-order valence-corrected chi connectivity index (χ4v) is 4.10. The van der Waals surface area contributed by atoms with Crippen molar-refractivity contribution >= 4 is 33.9 Å². The summed E-state index contributed by atoms with van der Waals surface area (Å²) in [5, 5.41) is 0. The number of aliphatic imine (C=N–C) groups is 1. The average molecular weight is 506 g/mol. The van der Waals surface area contributed by atoms with E-state index < -0.39 is 5.97 Å². The minimum atomic E-state index is -0.484. The van der Waals surface area contributed by atoms with Gasteiger partial charge < -0.3 is 14.2 Å². The van der Waals surface area contributed by atoms with E-state index in [1.165, 1.54) is 5.56 Å². The highest BCUT2D eigenvalue weighted by molar-refractivity contribution is 9.10. The van der Waals surface area contributed by atoms with Crippen molar-refractivity contribution in [2.45, 2.75) is 27.4 Å². The van der Waals surface area contributed by atoms with Gasteiger partial charge in [0, 0.05) is 5.56 Å². The molecule has 0 spiro atoms. The normalized spacial score (nSPS) is 14.2. The van der Waals surface area contributed by atoms with Crippen LogP contribution in [0.5, 0.6) is 11.5 Å². The van der Waals surface area contributed by atoms with Gasteiger partial charge in [-0.15, -0.1) is 0 Å². The van der Waals surface area contributed by atoms with Crippen molar-refractivity contribution in [3.05, 3.63) is 98.7 Å². The zero-order valence-electron chi connectivity index (χ0n) is 18.7. The van der Waals surface area contributed by atoms with Gasteiger partial charge in [0.25, 0.3) is 0 Å². The monoisotopic (exact) mass is 505 g/mol. The number of cyclic esters (lactones) is 1. The molecule has 0 saturated carbocycles. The number of rotatable bonds is 7. The Morgan fingerprint density at radius 2 is 1.85 bits per heavy atom. The molecular weight excluding hydrogens is 482 g/mol. The summed E-state index contributed by atoms with van der Waals surface area (Å²) in [6.45, 7) is 6.81. The average Bonchev–Trinajstić information content (AvgIpc) is 3.13. The predicted octanol–water partition coefficient (Wildman–Crippen LogP) is 6.39. The third-order valence-electron chi connectivity index (χ3n) is 5.10. The lowest BCUT2D eigenvalue weighted by molar-refractivity contribution is -0.129. The molecule has 168 valence electrons. The van der Waals surface area contributed by atoms with Crippen molar-refractivity contribution in [2.24, 2.45) is 4.99 Å². The molecule has 5 nitrogen and oxygen atoms in total. The summed E-state index contributed by atoms with van der Waals surface area (Å²) in [5.74, 6) is 1.02. The SMILES string of the molecule is CCOc1cc(/C=C2\N=C(c3ccccc3C)OC2=O)cc(Br)c1OCc1cccc(C)c1. The van der Waals surface area contributed by atoms with Gasteiger partial charge in [-0.05, 0) is 77.7 Å². The number of nitrogens with zero attached hydrogens (tertiary/aromatic N) is 1. The molecule has 0 fully saturated rings. The van der Waals surface area contributed by atoms with E-state index in [2.05, 4.69) is 27.0 Å². The number of hydrogen-bond donors (Lipinski definition) is 0. The van der Waals surface area contributed by atoms with Gasteiger partial charge in [0.1, 0.15) is 6.61 Å². The van der Waals surface area contributed by atoms with Gasteiger partial charge in [-0.1, -0.05) is 48.0 Å². The van der Waals surface area contributed by atoms with E-state index >= 15 is 0 Å². The first-order valence-corrected chi connectivity index (χ1v) is 11.5. The highest BCUT2D eigenvalue weighted by Gasteiger charge is 2.25. The lowest BCUT2D eigenvalue weighted by Gasteiger charge is -2.15. The van der Waals surface area contributed by atoms with Crippen molar-refractivity contribution in [1.29, 1.82) is 0 Å². The third-order valence-corrected chi connectivity index (χ3v) is 5.69. The number of aryl methyl sites for hydroxylation is 2. The van der Waals surface area contributed by atoms with Gasteiger partial charge in [0.15, 0.2) is 17.2 Å². The molecule has 0 radical (unpaired) electrons. The van der Waals surface area contributed by atoms with Gasteiger partial charge in [0.2, 0.25) is 5.90 Å². The van der Waals surface area contributed by atoms with Crippen LogP contribution in [0, 0.1) is 13.8 Å². The topological polar surface area (TPSA) is 57.1 Å². The number of esters is 1. The van der Waals surface area contributed by atoms with Crippen LogP contribution in [0.15, 0.2) is 75.8 Å². The molecule has 0 bridgehead atoms. The Hall–Kier alpha value is -3.38. The van der Waals surface area contributed by atoms with Crippen molar-refractivity contribution in [3.8, 4) is 11.5 Å². The van der Waals surface area contributed by atoms with E-state index in [9.17, 15) is 4.79 Å². The van der Waals surface area contributed by atoms with Crippen LogP contribution in [-0.4, -0.2) is 18.5 Å². The van der Waals surface area contributed by atoms with Crippen molar-refractivity contribution in [3.63, 3.8) is 0 Å². The molecule has 0 aliphatic carbocycles. The summed E-state index contributed by atoms with van der Waals surface area (Å²) >= 11 is 3.59. The Morgan fingerprint density at radius 1 is 1.03 bits per heavy atom. The van der Waals surface area contributed by atoms with Crippen LogP contribution < -0.4 is 9.47 Å². The van der Waals surface area contributed by atoms with Gasteiger partial charge in [-0.3, -0.25) is 0 Å². The summed E-state index contributed by atoms with van der Waals surface area (Å²) in [7, 11) is 0. The summed E-state index contributed by atoms with van der Waals surface area (Å²) < 4.78 is 18.1. The minimum Gasteiger partial charge on any atom is -0.490 e. The van der Waals surface area contributed by atoms with E-state index in [1.807, 2.05) is 75.4 Å². The molecule has 0 aromatic heterocycles. The molecule has 0 amide bonds. The van der Waals surface area contributed by atoms with Crippen LogP contribution in [0.4, 0.5) is 0 Å². The highest BCUT2D eigenvalue weighted by atomic mass is 79.9. The van der Waals surface area contributed by atoms with E-state index in [-0.39, 0.29) is 5.70 Å². The van der Waals surface area contributed by atoms with Gasteiger partial charge in [0.05, 0.1) is 11.1 Å². The Bertz CT molecular complexity index is 1260. The zero-order valence-corrected chi connectivity index (χ0v) is 20.3. The van der Waals surface area contributed by atoms with E-state index in [0.717, 1.165) is 26.7 Å². The quantitative estimate of drug-likeness (QED) is 0.275. The van der Waals surface area contributed by atoms with E-state index in [4.69, 9.17) is 14.2 Å². The Kier molecular flexibility index (Phi) is 6.94. The molecular formula is C27H24BrNO4. The molecule has 1 aliphatic heterocycles. The largest absolute Gasteiger partial charge is 0.490 e. The Morgan fingerprint density at radius 3 is 2.61 bits per heavy atom. The number of halogens is 1. The van der Waals surface area contributed by atoms with Gasteiger partial charge >= 0.3 is 5.97 Å². The van der Waals surface area contributed by atoms with Crippen LogP contribution in [0.3, 0.4) is 0 Å². The summed E-state index contributed by atoms with van der Waals surface area (Å²) in [4.78, 5) is 16.9. The molecule has 0 atom stereocenters. The lowest BCUT2D eigenvalue weighted by atomic mass is 10.1. The van der Waals surface area contributed by atoms with Crippen molar-refractivity contribution in [1.82, 2.24) is 0 Å². The molecule has 3 aromatic carbocycles. The lowest BCUT2D eigenvalue weighted by Crippen LogP contribution is -2.06. The maximum absolute atomic E-state index is 12.5. The van der Waals surface area contributed by atoms with E-state index in [0.29, 0.717) is 30.6 Å². The Balaban J connectivity index is 1.62. The molecule has 33 heavy (non-hydrogen) atoms. The van der Waals surface area contributed by atoms with Crippen LogP contribution in [0.25, 0.3) is 6.08 Å². The number of ether oxygens (including phenoxy) is 3. The molecule has 0 unspecified atom stereocenters. The fraction of sp³-hybridized carbons (Fsp3) is 0.185. The highest BCUT2D eigenvalue weighted by Crippen LogP contribution is 2.38. The molecule has 1 aliphatic rings. The van der Waals surface area contributed by atoms with Crippen LogP contribution >= 0.6 is 15.9 Å². The molecule has 4 rings (SSSR count). The standard InChI is InChI=1S/C27H24BrNO4/c1-4-31-24-15-20(13-22(28)25(24)32-16-19-10-7-8-17(2)12-19)14-23-27(30)33-26(29-23)21-11-6-5-9-18(21)3/h5-15H,4,16H2,1-3H3/b23-14-. The van der Waals surface area contributed by atoms with Gasteiger partial charge in [-0.25, -0.2) is 9.79 Å².